The van der Waals surface area contributed by atoms with Gasteiger partial charge in [0.15, 0.2) is 6.23 Å². The van der Waals surface area contributed by atoms with Crippen molar-refractivity contribution in [2.75, 3.05) is 13.2 Å². The molecule has 8 heteroatoms. The topological polar surface area (TPSA) is 131 Å². The Morgan fingerprint density at radius 3 is 2.74 bits per heavy atom. The molecule has 1 saturated heterocycles. The van der Waals surface area contributed by atoms with E-state index in [1.165, 1.54) is 6.20 Å². The molecule has 19 heavy (non-hydrogen) atoms. The van der Waals surface area contributed by atoms with Crippen LogP contribution in [-0.4, -0.2) is 45.1 Å². The minimum absolute atomic E-state index is 0.125. The normalized spacial score (nSPS) is 30.7. The number of aryl methyl sites for hydroxylation is 1. The van der Waals surface area contributed by atoms with Crippen LogP contribution in [0.3, 0.4) is 0 Å². The molecule has 0 bridgehead atoms. The molecular formula is C11H17N3O5. The number of hydrogen-bond acceptors (Lipinski definition) is 6. The molecule has 1 aliphatic heterocycles. The number of aromatic amines is 1. The number of aliphatic hydroxyl groups is 2. The molecule has 0 unspecified atom stereocenters. The Labute approximate surface area is 108 Å². The monoisotopic (exact) mass is 271 g/mol. The van der Waals surface area contributed by atoms with Crippen molar-refractivity contribution in [1.82, 2.24) is 9.55 Å². The third-order valence-electron chi connectivity index (χ3n) is 3.39. The van der Waals surface area contributed by atoms with Crippen LogP contribution in [0.15, 0.2) is 15.8 Å². The number of nitrogens with two attached hydrogens (primary N) is 1. The Hall–Kier alpha value is -1.48. The van der Waals surface area contributed by atoms with Crippen LogP contribution in [0.1, 0.15) is 11.8 Å². The van der Waals surface area contributed by atoms with Gasteiger partial charge in [0.05, 0.1) is 12.7 Å². The number of hydrogen-bond donors (Lipinski definition) is 4. The molecule has 5 N–H and O–H groups in total. The van der Waals surface area contributed by atoms with Gasteiger partial charge < -0.3 is 20.7 Å². The molecule has 1 fully saturated rings. The van der Waals surface area contributed by atoms with Crippen molar-refractivity contribution < 1.29 is 14.9 Å². The Morgan fingerprint density at radius 2 is 2.21 bits per heavy atom. The SMILES string of the molecule is Cc1cn([C@@H]2O[C@H](CO)[C@@H](CN)[C@H]2O)c(=O)[nH]c1=O. The van der Waals surface area contributed by atoms with E-state index in [-0.39, 0.29) is 13.2 Å². The largest absolute Gasteiger partial charge is 0.394 e. The Kier molecular flexibility index (Phi) is 3.85. The molecule has 1 aliphatic rings. The number of H-pyrrole nitrogens is 1. The maximum atomic E-state index is 11.7. The highest BCUT2D eigenvalue weighted by molar-refractivity contribution is 5.03. The fourth-order valence-electron chi connectivity index (χ4n) is 2.27. The average molecular weight is 271 g/mol. The summed E-state index contributed by atoms with van der Waals surface area (Å²) in [7, 11) is 0. The van der Waals surface area contributed by atoms with Crippen LogP contribution in [0, 0.1) is 12.8 Å². The lowest BCUT2D eigenvalue weighted by atomic mass is 9.98. The van der Waals surface area contributed by atoms with Gasteiger partial charge in [-0.2, -0.15) is 0 Å². The van der Waals surface area contributed by atoms with Crippen LogP contribution in [0.2, 0.25) is 0 Å². The predicted octanol–water partition coefficient (Wildman–Crippen LogP) is -2.33. The minimum atomic E-state index is -1.02. The summed E-state index contributed by atoms with van der Waals surface area (Å²) in [5.74, 6) is -0.464. The summed E-state index contributed by atoms with van der Waals surface area (Å²) >= 11 is 0. The fourth-order valence-corrected chi connectivity index (χ4v) is 2.27. The van der Waals surface area contributed by atoms with Crippen molar-refractivity contribution in [2.24, 2.45) is 11.7 Å². The first-order chi connectivity index (χ1) is 8.99. The first-order valence-corrected chi connectivity index (χ1v) is 5.96. The van der Waals surface area contributed by atoms with Crippen LogP contribution in [0.25, 0.3) is 0 Å². The van der Waals surface area contributed by atoms with Crippen molar-refractivity contribution in [2.45, 2.75) is 25.4 Å². The van der Waals surface area contributed by atoms with Gasteiger partial charge in [-0.3, -0.25) is 14.3 Å². The van der Waals surface area contributed by atoms with Crippen molar-refractivity contribution in [3.05, 3.63) is 32.6 Å². The second kappa shape index (κ2) is 5.25. The third kappa shape index (κ3) is 2.35. The van der Waals surface area contributed by atoms with E-state index in [1.54, 1.807) is 6.92 Å². The molecule has 1 aromatic heterocycles. The van der Waals surface area contributed by atoms with Gasteiger partial charge >= 0.3 is 5.69 Å². The van der Waals surface area contributed by atoms with Gasteiger partial charge in [0.2, 0.25) is 0 Å². The zero-order chi connectivity index (χ0) is 14.2. The van der Waals surface area contributed by atoms with E-state index in [2.05, 4.69) is 4.98 Å². The van der Waals surface area contributed by atoms with Crippen LogP contribution in [0.4, 0.5) is 0 Å². The van der Waals surface area contributed by atoms with Gasteiger partial charge in [-0.05, 0) is 6.92 Å². The van der Waals surface area contributed by atoms with Gasteiger partial charge in [0, 0.05) is 24.2 Å². The molecule has 0 aromatic carbocycles. The Morgan fingerprint density at radius 1 is 1.53 bits per heavy atom. The molecular weight excluding hydrogens is 254 g/mol. The van der Waals surface area contributed by atoms with Gasteiger partial charge in [-0.25, -0.2) is 4.79 Å². The highest BCUT2D eigenvalue weighted by Crippen LogP contribution is 2.32. The van der Waals surface area contributed by atoms with Gasteiger partial charge in [0.1, 0.15) is 6.10 Å². The smallest absolute Gasteiger partial charge is 0.330 e. The maximum absolute atomic E-state index is 11.7. The molecule has 0 spiro atoms. The number of ether oxygens (including phenoxy) is 1. The van der Waals surface area contributed by atoms with Crippen molar-refractivity contribution in [3.63, 3.8) is 0 Å². The molecule has 0 saturated carbocycles. The number of aliphatic hydroxyl groups excluding tert-OH is 2. The molecule has 2 heterocycles. The van der Waals surface area contributed by atoms with E-state index < -0.39 is 35.6 Å². The first kappa shape index (κ1) is 13.9. The zero-order valence-electron chi connectivity index (χ0n) is 10.4. The van der Waals surface area contributed by atoms with Gasteiger partial charge in [0.25, 0.3) is 5.56 Å². The predicted molar refractivity (Wildman–Crippen MR) is 65.6 cm³/mol. The second-order valence-electron chi connectivity index (χ2n) is 4.62. The molecule has 8 nitrogen and oxygen atoms in total. The summed E-state index contributed by atoms with van der Waals surface area (Å²) < 4.78 is 6.56. The minimum Gasteiger partial charge on any atom is -0.394 e. The molecule has 2 rings (SSSR count). The molecule has 106 valence electrons. The lowest BCUT2D eigenvalue weighted by Gasteiger charge is -2.18. The number of nitrogens with one attached hydrogen (secondary N) is 1. The van der Waals surface area contributed by atoms with Crippen LogP contribution < -0.4 is 17.0 Å². The van der Waals surface area contributed by atoms with E-state index in [0.717, 1.165) is 4.57 Å². The summed E-state index contributed by atoms with van der Waals surface area (Å²) in [6.07, 6.45) is -1.30. The van der Waals surface area contributed by atoms with Crippen molar-refractivity contribution in [1.29, 1.82) is 0 Å². The van der Waals surface area contributed by atoms with Crippen LogP contribution in [-0.2, 0) is 4.74 Å². The lowest BCUT2D eigenvalue weighted by Crippen LogP contribution is -2.38. The lowest BCUT2D eigenvalue weighted by molar-refractivity contribution is -0.0536. The fraction of sp³-hybridized carbons (Fsp3) is 0.636. The summed E-state index contributed by atoms with van der Waals surface area (Å²) in [4.78, 5) is 25.2. The zero-order valence-corrected chi connectivity index (χ0v) is 10.4. The molecule has 0 radical (unpaired) electrons. The summed E-state index contributed by atoms with van der Waals surface area (Å²) in [5, 5.41) is 19.3. The van der Waals surface area contributed by atoms with Crippen LogP contribution in [0.5, 0.6) is 0 Å². The highest BCUT2D eigenvalue weighted by Gasteiger charge is 2.43. The summed E-state index contributed by atoms with van der Waals surface area (Å²) in [6, 6.07) is 0. The first-order valence-electron chi connectivity index (χ1n) is 5.96. The average Bonchev–Trinajstić information content (AvgIpc) is 2.70. The molecule has 4 atom stereocenters. The van der Waals surface area contributed by atoms with E-state index in [9.17, 15) is 19.8 Å². The van der Waals surface area contributed by atoms with Gasteiger partial charge in [-0.1, -0.05) is 0 Å². The molecule has 0 amide bonds. The Bertz CT molecular complexity index is 566. The standard InChI is InChI=1S/C11H17N3O5/c1-5-3-14(11(18)13-9(5)17)10-8(16)6(2-12)7(4-15)19-10/h3,6-8,10,15-16H,2,4,12H2,1H3,(H,13,17,18)/t6-,7-,8-,10-/m1/s1. The van der Waals surface area contributed by atoms with Crippen molar-refractivity contribution in [3.8, 4) is 0 Å². The number of nitrogens with zero attached hydrogens (tertiary/aromatic N) is 1. The van der Waals surface area contributed by atoms with Gasteiger partial charge in [-0.15, -0.1) is 0 Å². The molecule has 0 aliphatic carbocycles. The maximum Gasteiger partial charge on any atom is 0.330 e. The Balaban J connectivity index is 2.41. The second-order valence-corrected chi connectivity index (χ2v) is 4.62. The van der Waals surface area contributed by atoms with E-state index in [4.69, 9.17) is 10.5 Å². The summed E-state index contributed by atoms with van der Waals surface area (Å²) in [5.41, 5.74) is 4.70. The van der Waals surface area contributed by atoms with E-state index >= 15 is 0 Å². The van der Waals surface area contributed by atoms with Crippen LogP contribution >= 0.6 is 0 Å². The van der Waals surface area contributed by atoms with E-state index in [1.807, 2.05) is 0 Å². The summed E-state index contributed by atoms with van der Waals surface area (Å²) in [6.45, 7) is 1.37. The number of rotatable bonds is 3. The third-order valence-corrected chi connectivity index (χ3v) is 3.39. The number of aromatic nitrogens is 2. The molecule has 1 aromatic rings. The quantitative estimate of drug-likeness (QED) is 0.488. The van der Waals surface area contributed by atoms with E-state index in [0.29, 0.717) is 5.56 Å². The van der Waals surface area contributed by atoms with Crippen molar-refractivity contribution >= 4 is 0 Å². The highest BCUT2D eigenvalue weighted by atomic mass is 16.5.